The summed E-state index contributed by atoms with van der Waals surface area (Å²) in [5.41, 5.74) is 0. The fourth-order valence-corrected chi connectivity index (χ4v) is 6.09. The topological polar surface area (TPSA) is 71.1 Å². The summed E-state index contributed by atoms with van der Waals surface area (Å²) in [6.07, 6.45) is 17.8. The molecule has 0 spiro atoms. The average molecular weight is 491 g/mol. The first-order valence-corrected chi connectivity index (χ1v) is 13.9. The molecule has 0 bridgehead atoms. The molecule has 0 aromatic heterocycles. The van der Waals surface area contributed by atoms with Crippen molar-refractivity contribution in [3.05, 3.63) is 25.3 Å². The molecule has 1 aliphatic heterocycles. The summed E-state index contributed by atoms with van der Waals surface area (Å²) < 4.78 is 22.6. The Bertz CT molecular complexity index is 652. The Balaban J connectivity index is 1.21. The SMILES string of the molecule is C=CC(=O)OCCCCCCC1COC(C2CCC(C3CCC(COC(=O)C=C)CC3)CC2)OC1. The number of esters is 2. The van der Waals surface area contributed by atoms with Crippen molar-refractivity contribution in [2.24, 2.45) is 29.6 Å². The number of unbranched alkanes of at least 4 members (excludes halogenated alkanes) is 3. The second kappa shape index (κ2) is 15.5. The van der Waals surface area contributed by atoms with E-state index in [1.807, 2.05) is 0 Å². The van der Waals surface area contributed by atoms with E-state index in [-0.39, 0.29) is 18.2 Å². The molecule has 3 aliphatic rings. The summed E-state index contributed by atoms with van der Waals surface area (Å²) >= 11 is 0. The Labute approximate surface area is 211 Å². The van der Waals surface area contributed by atoms with Gasteiger partial charge in [-0.1, -0.05) is 32.4 Å². The van der Waals surface area contributed by atoms with Crippen LogP contribution in [0, 0.1) is 29.6 Å². The lowest BCUT2D eigenvalue weighted by molar-refractivity contribution is -0.230. The number of hydrogen-bond acceptors (Lipinski definition) is 6. The summed E-state index contributed by atoms with van der Waals surface area (Å²) in [6.45, 7) is 9.54. The predicted molar refractivity (Wildman–Crippen MR) is 135 cm³/mol. The Morgan fingerprint density at radius 1 is 0.686 bits per heavy atom. The second-order valence-electron chi connectivity index (χ2n) is 10.8. The van der Waals surface area contributed by atoms with E-state index in [9.17, 15) is 9.59 Å². The fourth-order valence-electron chi connectivity index (χ4n) is 6.09. The number of rotatable bonds is 13. The third-order valence-corrected chi connectivity index (χ3v) is 8.30. The molecule has 2 aliphatic carbocycles. The molecule has 0 radical (unpaired) electrons. The minimum atomic E-state index is -0.336. The summed E-state index contributed by atoms with van der Waals surface area (Å²) in [6, 6.07) is 0. The Kier molecular flexibility index (Phi) is 12.3. The molecule has 0 atom stereocenters. The van der Waals surface area contributed by atoms with Crippen LogP contribution >= 0.6 is 0 Å². The van der Waals surface area contributed by atoms with Gasteiger partial charge in [-0.05, 0) is 82.0 Å². The molecule has 0 unspecified atom stereocenters. The van der Waals surface area contributed by atoms with Crippen LogP contribution in [-0.2, 0) is 28.5 Å². The molecule has 0 aromatic carbocycles. The number of ether oxygens (including phenoxy) is 4. The van der Waals surface area contributed by atoms with Crippen molar-refractivity contribution < 1.29 is 28.5 Å². The van der Waals surface area contributed by atoms with Crippen molar-refractivity contribution in [3.8, 4) is 0 Å². The Morgan fingerprint density at radius 3 is 1.86 bits per heavy atom. The van der Waals surface area contributed by atoms with Gasteiger partial charge in [0, 0.05) is 24.0 Å². The minimum Gasteiger partial charge on any atom is -0.463 e. The highest BCUT2D eigenvalue weighted by molar-refractivity contribution is 5.81. The highest BCUT2D eigenvalue weighted by Crippen LogP contribution is 2.43. The van der Waals surface area contributed by atoms with Crippen molar-refractivity contribution in [2.75, 3.05) is 26.4 Å². The number of carbonyl (C=O) groups is 2. The zero-order chi connectivity index (χ0) is 24.9. The molecule has 6 heteroatoms. The lowest BCUT2D eigenvalue weighted by atomic mass is 9.69. The van der Waals surface area contributed by atoms with Crippen LogP contribution in [0.3, 0.4) is 0 Å². The largest absolute Gasteiger partial charge is 0.463 e. The van der Waals surface area contributed by atoms with Crippen molar-refractivity contribution in [1.82, 2.24) is 0 Å². The highest BCUT2D eigenvalue weighted by Gasteiger charge is 2.35. The molecule has 1 heterocycles. The number of hydrogen-bond donors (Lipinski definition) is 0. The highest BCUT2D eigenvalue weighted by atomic mass is 16.7. The van der Waals surface area contributed by atoms with E-state index in [0.717, 1.165) is 50.7 Å². The molecule has 0 N–H and O–H groups in total. The quantitative estimate of drug-likeness (QED) is 0.179. The molecule has 6 nitrogen and oxygen atoms in total. The lowest BCUT2D eigenvalue weighted by Crippen LogP contribution is -2.39. The number of carbonyl (C=O) groups excluding carboxylic acids is 2. The Hall–Kier alpha value is -1.66. The van der Waals surface area contributed by atoms with Gasteiger partial charge in [0.15, 0.2) is 6.29 Å². The third-order valence-electron chi connectivity index (χ3n) is 8.30. The van der Waals surface area contributed by atoms with Crippen molar-refractivity contribution in [2.45, 2.75) is 89.8 Å². The molecule has 2 saturated carbocycles. The van der Waals surface area contributed by atoms with Gasteiger partial charge in [-0.25, -0.2) is 9.59 Å². The average Bonchev–Trinajstić information content (AvgIpc) is 2.91. The van der Waals surface area contributed by atoms with E-state index < -0.39 is 0 Å². The molecule has 3 fully saturated rings. The van der Waals surface area contributed by atoms with Crippen LogP contribution in [0.5, 0.6) is 0 Å². The first-order valence-electron chi connectivity index (χ1n) is 13.9. The van der Waals surface area contributed by atoms with Crippen molar-refractivity contribution >= 4 is 11.9 Å². The summed E-state index contributed by atoms with van der Waals surface area (Å²) in [4.78, 5) is 22.3. The monoisotopic (exact) mass is 490 g/mol. The zero-order valence-electron chi connectivity index (χ0n) is 21.5. The first-order chi connectivity index (χ1) is 17.1. The normalized spacial score (nSPS) is 31.3. The lowest BCUT2D eigenvalue weighted by Gasteiger charge is -2.41. The van der Waals surface area contributed by atoms with Crippen LogP contribution < -0.4 is 0 Å². The maximum absolute atomic E-state index is 11.3. The van der Waals surface area contributed by atoms with Gasteiger partial charge >= 0.3 is 11.9 Å². The van der Waals surface area contributed by atoms with Gasteiger partial charge in [-0.2, -0.15) is 0 Å². The van der Waals surface area contributed by atoms with Crippen LogP contribution in [0.1, 0.15) is 83.5 Å². The summed E-state index contributed by atoms with van der Waals surface area (Å²) in [7, 11) is 0. The summed E-state index contributed by atoms with van der Waals surface area (Å²) in [5.74, 6) is 2.59. The van der Waals surface area contributed by atoms with E-state index in [0.29, 0.717) is 31.0 Å². The maximum Gasteiger partial charge on any atom is 0.330 e. The Morgan fingerprint density at radius 2 is 1.23 bits per heavy atom. The van der Waals surface area contributed by atoms with E-state index >= 15 is 0 Å². The molecular weight excluding hydrogens is 444 g/mol. The molecular formula is C29H46O6. The van der Waals surface area contributed by atoms with Gasteiger partial charge in [0.05, 0.1) is 26.4 Å². The fraction of sp³-hybridized carbons (Fsp3) is 0.793. The van der Waals surface area contributed by atoms with Gasteiger partial charge in [0.2, 0.25) is 0 Å². The predicted octanol–water partition coefficient (Wildman–Crippen LogP) is 6.00. The van der Waals surface area contributed by atoms with E-state index in [2.05, 4.69) is 13.2 Å². The van der Waals surface area contributed by atoms with E-state index in [1.165, 1.54) is 69.9 Å². The molecule has 0 aromatic rings. The van der Waals surface area contributed by atoms with E-state index in [1.54, 1.807) is 0 Å². The van der Waals surface area contributed by atoms with Gasteiger partial charge in [0.25, 0.3) is 0 Å². The summed E-state index contributed by atoms with van der Waals surface area (Å²) in [5, 5.41) is 0. The zero-order valence-corrected chi connectivity index (χ0v) is 21.5. The van der Waals surface area contributed by atoms with Crippen LogP contribution in [0.4, 0.5) is 0 Å². The van der Waals surface area contributed by atoms with Crippen LogP contribution in [0.25, 0.3) is 0 Å². The van der Waals surface area contributed by atoms with Gasteiger partial charge in [0.1, 0.15) is 0 Å². The smallest absolute Gasteiger partial charge is 0.330 e. The van der Waals surface area contributed by atoms with Gasteiger partial charge < -0.3 is 18.9 Å². The molecule has 0 amide bonds. The van der Waals surface area contributed by atoms with Gasteiger partial charge in [-0.3, -0.25) is 0 Å². The molecule has 35 heavy (non-hydrogen) atoms. The van der Waals surface area contributed by atoms with Crippen molar-refractivity contribution in [1.29, 1.82) is 0 Å². The standard InChI is InChI=1S/C29H46O6/c1-3-27(30)32-18-8-6-5-7-9-23-20-34-29(35-21-23)26-16-14-25(15-17-26)24-12-10-22(11-13-24)19-33-28(31)4-2/h3-4,22-26,29H,1-2,5-21H2. The second-order valence-corrected chi connectivity index (χ2v) is 10.8. The minimum absolute atomic E-state index is 0.0120. The third kappa shape index (κ3) is 9.72. The first kappa shape index (κ1) is 27.9. The van der Waals surface area contributed by atoms with Crippen LogP contribution in [0.15, 0.2) is 25.3 Å². The van der Waals surface area contributed by atoms with Crippen LogP contribution in [0.2, 0.25) is 0 Å². The molecule has 1 saturated heterocycles. The molecule has 198 valence electrons. The van der Waals surface area contributed by atoms with Crippen molar-refractivity contribution in [3.63, 3.8) is 0 Å². The van der Waals surface area contributed by atoms with Gasteiger partial charge in [-0.15, -0.1) is 0 Å². The maximum atomic E-state index is 11.3. The molecule has 3 rings (SSSR count). The van der Waals surface area contributed by atoms with Crippen LogP contribution in [-0.4, -0.2) is 44.7 Å². The van der Waals surface area contributed by atoms with E-state index in [4.69, 9.17) is 18.9 Å².